The molecule has 2 nitrogen and oxygen atoms in total. The van der Waals surface area contributed by atoms with Crippen LogP contribution in [0.3, 0.4) is 0 Å². The fourth-order valence-corrected chi connectivity index (χ4v) is 7.87. The van der Waals surface area contributed by atoms with Gasteiger partial charge in [0.15, 0.2) is 0 Å². The van der Waals surface area contributed by atoms with E-state index in [4.69, 9.17) is 9.97 Å². The van der Waals surface area contributed by atoms with Gasteiger partial charge in [-0.3, -0.25) is 4.98 Å². The van der Waals surface area contributed by atoms with Gasteiger partial charge in [-0.1, -0.05) is 133 Å². The van der Waals surface area contributed by atoms with E-state index in [2.05, 4.69) is 140 Å². The van der Waals surface area contributed by atoms with Crippen LogP contribution in [0.25, 0.3) is 86.3 Å². The fraction of sp³-hybridized carbons (Fsp3) is 0. The molecule has 0 saturated carbocycles. The van der Waals surface area contributed by atoms with Crippen molar-refractivity contribution in [3.8, 4) is 33.5 Å². The van der Waals surface area contributed by atoms with E-state index in [0.717, 1.165) is 33.1 Å². The summed E-state index contributed by atoms with van der Waals surface area (Å²) < 4.78 is 2.63. The summed E-state index contributed by atoms with van der Waals surface area (Å²) in [6.07, 6.45) is 1.93. The quantitative estimate of drug-likeness (QED) is 0.199. The minimum Gasteiger partial charge on any atom is -0.252 e. The highest BCUT2D eigenvalue weighted by Crippen LogP contribution is 2.44. The molecule has 0 spiro atoms. The van der Waals surface area contributed by atoms with Crippen molar-refractivity contribution in [2.45, 2.75) is 0 Å². The highest BCUT2D eigenvalue weighted by Gasteiger charge is 2.15. The Hall–Kier alpha value is -5.38. The van der Waals surface area contributed by atoms with Gasteiger partial charge in [0.1, 0.15) is 0 Å². The zero-order chi connectivity index (χ0) is 28.3. The molecule has 0 unspecified atom stereocenters. The molecule has 0 N–H and O–H groups in total. The van der Waals surface area contributed by atoms with Gasteiger partial charge in [0.25, 0.3) is 0 Å². The van der Waals surface area contributed by atoms with Gasteiger partial charge in [-0.25, -0.2) is 4.98 Å². The maximum atomic E-state index is 5.24. The number of benzene rings is 7. The molecule has 9 aromatic rings. The van der Waals surface area contributed by atoms with Crippen molar-refractivity contribution in [2.75, 3.05) is 0 Å². The topological polar surface area (TPSA) is 25.8 Å². The molecule has 0 atom stereocenters. The highest BCUT2D eigenvalue weighted by molar-refractivity contribution is 7.26. The zero-order valence-electron chi connectivity index (χ0n) is 23.2. The molecule has 2 aromatic heterocycles. The van der Waals surface area contributed by atoms with Crippen molar-refractivity contribution in [2.24, 2.45) is 0 Å². The number of aromatic nitrogens is 2. The Morgan fingerprint density at radius 2 is 0.907 bits per heavy atom. The molecule has 0 aliphatic heterocycles. The van der Waals surface area contributed by atoms with Crippen LogP contribution >= 0.6 is 11.3 Å². The number of hydrogen-bond donors (Lipinski definition) is 0. The molecular formula is C40H24N2S. The summed E-state index contributed by atoms with van der Waals surface area (Å²) in [5.74, 6) is 0. The summed E-state index contributed by atoms with van der Waals surface area (Å²) in [6.45, 7) is 0. The minimum atomic E-state index is 0.879. The van der Waals surface area contributed by atoms with Gasteiger partial charge in [0.05, 0.1) is 22.9 Å². The lowest BCUT2D eigenvalue weighted by Crippen LogP contribution is -1.92. The standard InChI is InChI=1S/C40H24N2S/c1-2-11-25(12-3-1)28-19-9-21-34-35-22-10-20-29(40(35)43-39(28)34)26-13-8-14-27(23-26)36-24-41-37-32-17-6-4-15-30(32)31-16-5-7-18-33(31)38(37)42-36/h1-24H. The average Bonchev–Trinajstić information content (AvgIpc) is 3.48. The first-order valence-corrected chi connectivity index (χ1v) is 15.3. The second-order valence-electron chi connectivity index (χ2n) is 11.0. The van der Waals surface area contributed by atoms with Crippen LogP contribution in [-0.4, -0.2) is 9.97 Å². The second kappa shape index (κ2) is 9.59. The SMILES string of the molecule is c1ccc(-c2cccc3c2sc2c(-c4cccc(-c5cnc6c7ccccc7c7ccccc7c6n5)c4)cccc23)cc1. The molecule has 0 saturated heterocycles. The third kappa shape index (κ3) is 3.79. The van der Waals surface area contributed by atoms with Gasteiger partial charge < -0.3 is 0 Å². The molecule has 0 radical (unpaired) electrons. The summed E-state index contributed by atoms with van der Waals surface area (Å²) >= 11 is 1.88. The second-order valence-corrected chi connectivity index (χ2v) is 12.0. The van der Waals surface area contributed by atoms with E-state index in [9.17, 15) is 0 Å². The summed E-state index contributed by atoms with van der Waals surface area (Å²) in [6, 6.07) is 49.8. The lowest BCUT2D eigenvalue weighted by molar-refractivity contribution is 1.31. The van der Waals surface area contributed by atoms with E-state index in [-0.39, 0.29) is 0 Å². The number of thiophene rings is 1. The van der Waals surface area contributed by atoms with Crippen LogP contribution in [0.5, 0.6) is 0 Å². The third-order valence-corrected chi connectivity index (χ3v) is 9.79. The van der Waals surface area contributed by atoms with Gasteiger partial charge >= 0.3 is 0 Å². The van der Waals surface area contributed by atoms with Crippen LogP contribution in [0.15, 0.2) is 146 Å². The predicted molar refractivity (Wildman–Crippen MR) is 184 cm³/mol. The number of rotatable bonds is 3. The van der Waals surface area contributed by atoms with E-state index >= 15 is 0 Å². The van der Waals surface area contributed by atoms with Crippen molar-refractivity contribution in [3.63, 3.8) is 0 Å². The molecule has 200 valence electrons. The fourth-order valence-electron chi connectivity index (χ4n) is 6.50. The zero-order valence-corrected chi connectivity index (χ0v) is 24.0. The van der Waals surface area contributed by atoms with Gasteiger partial charge in [-0.15, -0.1) is 11.3 Å². The van der Waals surface area contributed by atoms with Crippen molar-refractivity contribution in [3.05, 3.63) is 146 Å². The summed E-state index contributed by atoms with van der Waals surface area (Å²) in [5.41, 5.74) is 8.78. The largest absolute Gasteiger partial charge is 0.252 e. The van der Waals surface area contributed by atoms with Gasteiger partial charge in [-0.05, 0) is 39.1 Å². The molecule has 0 aliphatic carbocycles. The Labute approximate surface area is 252 Å². The van der Waals surface area contributed by atoms with E-state index in [1.54, 1.807) is 0 Å². The smallest absolute Gasteiger partial charge is 0.0979 e. The van der Waals surface area contributed by atoms with Crippen molar-refractivity contribution in [1.82, 2.24) is 9.97 Å². The van der Waals surface area contributed by atoms with Crippen LogP contribution in [0.2, 0.25) is 0 Å². The van der Waals surface area contributed by atoms with Crippen LogP contribution in [0, 0.1) is 0 Å². The number of fused-ring (bicyclic) bond motifs is 9. The minimum absolute atomic E-state index is 0.879. The Bertz CT molecular complexity index is 2470. The molecule has 7 aromatic carbocycles. The third-order valence-electron chi connectivity index (χ3n) is 8.51. The molecular weight excluding hydrogens is 541 g/mol. The lowest BCUT2D eigenvalue weighted by atomic mass is 9.98. The average molecular weight is 565 g/mol. The predicted octanol–water partition coefficient (Wildman–Crippen LogP) is 11.3. The van der Waals surface area contributed by atoms with E-state index in [1.165, 1.54) is 53.2 Å². The van der Waals surface area contributed by atoms with Crippen molar-refractivity contribution < 1.29 is 0 Å². The Morgan fingerprint density at radius 1 is 0.395 bits per heavy atom. The molecule has 3 heteroatoms. The summed E-state index contributed by atoms with van der Waals surface area (Å²) in [4.78, 5) is 10.2. The first-order chi connectivity index (χ1) is 21.3. The first kappa shape index (κ1) is 24.2. The van der Waals surface area contributed by atoms with Crippen LogP contribution in [0.1, 0.15) is 0 Å². The maximum Gasteiger partial charge on any atom is 0.0979 e. The Morgan fingerprint density at radius 3 is 1.60 bits per heavy atom. The lowest BCUT2D eigenvalue weighted by Gasteiger charge is -2.11. The Kier molecular flexibility index (Phi) is 5.40. The van der Waals surface area contributed by atoms with E-state index < -0.39 is 0 Å². The molecule has 0 aliphatic rings. The molecule has 2 heterocycles. The van der Waals surface area contributed by atoms with Crippen molar-refractivity contribution >= 4 is 64.1 Å². The normalized spacial score (nSPS) is 11.7. The molecule has 0 fully saturated rings. The van der Waals surface area contributed by atoms with Crippen LogP contribution in [-0.2, 0) is 0 Å². The Balaban J connectivity index is 1.22. The summed E-state index contributed by atoms with van der Waals surface area (Å²) in [7, 11) is 0. The van der Waals surface area contributed by atoms with Crippen molar-refractivity contribution in [1.29, 1.82) is 0 Å². The first-order valence-electron chi connectivity index (χ1n) is 14.5. The van der Waals surface area contributed by atoms with Gasteiger partial charge in [-0.2, -0.15) is 0 Å². The number of nitrogens with zero attached hydrogens (tertiary/aromatic N) is 2. The van der Waals surface area contributed by atoms with Gasteiger partial charge in [0.2, 0.25) is 0 Å². The summed E-state index contributed by atoms with van der Waals surface area (Å²) in [5, 5.41) is 7.28. The molecule has 43 heavy (non-hydrogen) atoms. The maximum absolute atomic E-state index is 5.24. The van der Waals surface area contributed by atoms with E-state index in [1.807, 2.05) is 17.5 Å². The number of hydrogen-bond acceptors (Lipinski definition) is 3. The van der Waals surface area contributed by atoms with Crippen LogP contribution < -0.4 is 0 Å². The monoisotopic (exact) mass is 564 g/mol. The van der Waals surface area contributed by atoms with Gasteiger partial charge in [0, 0.05) is 36.5 Å². The molecule has 0 amide bonds. The molecule has 0 bridgehead atoms. The molecule has 9 rings (SSSR count). The highest BCUT2D eigenvalue weighted by atomic mass is 32.1. The van der Waals surface area contributed by atoms with Crippen LogP contribution in [0.4, 0.5) is 0 Å². The van der Waals surface area contributed by atoms with E-state index in [0.29, 0.717) is 0 Å².